The number of hydrogen-bond acceptors (Lipinski definition) is 5. The van der Waals surface area contributed by atoms with Gasteiger partial charge in [-0.1, -0.05) is 12.1 Å². The monoisotopic (exact) mass is 274 g/mol. The van der Waals surface area contributed by atoms with Crippen LogP contribution in [-0.4, -0.2) is 16.2 Å². The number of nitrogens with zero attached hydrogens (tertiary/aromatic N) is 1. The molecule has 0 saturated carbocycles. The van der Waals surface area contributed by atoms with Gasteiger partial charge in [0.25, 0.3) is 0 Å². The first-order chi connectivity index (χ1) is 9.58. The van der Waals surface area contributed by atoms with E-state index in [0.29, 0.717) is 23.2 Å². The molecule has 1 heterocycles. The van der Waals surface area contributed by atoms with Crippen LogP contribution in [0.4, 0.5) is 5.69 Å². The van der Waals surface area contributed by atoms with Gasteiger partial charge in [0.15, 0.2) is 0 Å². The van der Waals surface area contributed by atoms with Gasteiger partial charge in [-0.3, -0.25) is 0 Å². The average Bonchev–Trinajstić information content (AvgIpc) is 2.42. The molecular weight excluding hydrogens is 256 g/mol. The standard InChI is InChI=1S/C15H18N2O3/c1-10(2)19-15-13(16)6-7-14(17-15)20-12-5-3-4-11(8-12)9-18/h3-8,10,18H,9,16H2,1-2H3. The maximum atomic E-state index is 9.10. The summed E-state index contributed by atoms with van der Waals surface area (Å²) >= 11 is 0. The predicted molar refractivity (Wildman–Crippen MR) is 76.9 cm³/mol. The van der Waals surface area contributed by atoms with Crippen molar-refractivity contribution in [2.24, 2.45) is 0 Å². The van der Waals surface area contributed by atoms with Gasteiger partial charge in [-0.15, -0.1) is 0 Å². The molecule has 2 rings (SSSR count). The highest BCUT2D eigenvalue weighted by atomic mass is 16.5. The van der Waals surface area contributed by atoms with Crippen molar-refractivity contribution in [2.45, 2.75) is 26.6 Å². The van der Waals surface area contributed by atoms with Gasteiger partial charge in [0.1, 0.15) is 5.75 Å². The summed E-state index contributed by atoms with van der Waals surface area (Å²) in [7, 11) is 0. The van der Waals surface area contributed by atoms with Crippen LogP contribution in [0.2, 0.25) is 0 Å². The van der Waals surface area contributed by atoms with Crippen molar-refractivity contribution in [1.29, 1.82) is 0 Å². The topological polar surface area (TPSA) is 77.6 Å². The molecule has 0 atom stereocenters. The highest BCUT2D eigenvalue weighted by molar-refractivity contribution is 5.49. The fourth-order valence-corrected chi connectivity index (χ4v) is 1.64. The third kappa shape index (κ3) is 3.61. The number of aromatic nitrogens is 1. The molecule has 0 aliphatic carbocycles. The van der Waals surface area contributed by atoms with Crippen LogP contribution in [0.25, 0.3) is 0 Å². The predicted octanol–water partition coefficient (Wildman–Crippen LogP) is 2.74. The van der Waals surface area contributed by atoms with E-state index in [0.717, 1.165) is 5.56 Å². The van der Waals surface area contributed by atoms with Crippen molar-refractivity contribution in [1.82, 2.24) is 4.98 Å². The first-order valence-corrected chi connectivity index (χ1v) is 6.39. The van der Waals surface area contributed by atoms with Gasteiger partial charge in [0.2, 0.25) is 11.8 Å². The lowest BCUT2D eigenvalue weighted by Gasteiger charge is -2.12. The van der Waals surface area contributed by atoms with Gasteiger partial charge in [-0.25, -0.2) is 0 Å². The molecule has 5 nitrogen and oxygen atoms in total. The van der Waals surface area contributed by atoms with Gasteiger partial charge >= 0.3 is 0 Å². The Morgan fingerprint density at radius 3 is 2.75 bits per heavy atom. The summed E-state index contributed by atoms with van der Waals surface area (Å²) < 4.78 is 11.2. The third-order valence-electron chi connectivity index (χ3n) is 2.51. The summed E-state index contributed by atoms with van der Waals surface area (Å²) in [5.41, 5.74) is 7.04. The maximum Gasteiger partial charge on any atom is 0.240 e. The molecule has 0 fully saturated rings. The number of nitrogens with two attached hydrogens (primary N) is 1. The molecule has 1 aromatic heterocycles. The molecule has 0 aliphatic heterocycles. The first-order valence-electron chi connectivity index (χ1n) is 6.39. The molecule has 0 unspecified atom stereocenters. The molecule has 0 bridgehead atoms. The quantitative estimate of drug-likeness (QED) is 0.876. The minimum Gasteiger partial charge on any atom is -0.473 e. The fraction of sp³-hybridized carbons (Fsp3) is 0.267. The summed E-state index contributed by atoms with van der Waals surface area (Å²) in [6.45, 7) is 3.77. The van der Waals surface area contributed by atoms with Crippen LogP contribution >= 0.6 is 0 Å². The van der Waals surface area contributed by atoms with Crippen LogP contribution in [0.3, 0.4) is 0 Å². The molecule has 5 heteroatoms. The summed E-state index contributed by atoms with van der Waals surface area (Å²) in [6, 6.07) is 10.5. The Morgan fingerprint density at radius 2 is 2.05 bits per heavy atom. The lowest BCUT2D eigenvalue weighted by Crippen LogP contribution is -2.09. The molecule has 0 aliphatic rings. The van der Waals surface area contributed by atoms with Gasteiger partial charge in [0.05, 0.1) is 18.4 Å². The summed E-state index contributed by atoms with van der Waals surface area (Å²) in [5.74, 6) is 1.35. The summed E-state index contributed by atoms with van der Waals surface area (Å²) in [6.07, 6.45) is -0.0160. The molecule has 106 valence electrons. The van der Waals surface area contributed by atoms with Crippen molar-refractivity contribution in [3.63, 3.8) is 0 Å². The van der Waals surface area contributed by atoms with Gasteiger partial charge in [-0.2, -0.15) is 4.98 Å². The largest absolute Gasteiger partial charge is 0.473 e. The van der Waals surface area contributed by atoms with Crippen molar-refractivity contribution in [3.05, 3.63) is 42.0 Å². The average molecular weight is 274 g/mol. The van der Waals surface area contributed by atoms with E-state index in [4.69, 9.17) is 20.3 Å². The van der Waals surface area contributed by atoms with Crippen LogP contribution in [0, 0.1) is 0 Å². The van der Waals surface area contributed by atoms with E-state index < -0.39 is 0 Å². The highest BCUT2D eigenvalue weighted by Crippen LogP contribution is 2.27. The minimum atomic E-state index is -0.0337. The Labute approximate surface area is 118 Å². The zero-order valence-corrected chi connectivity index (χ0v) is 11.5. The molecule has 0 saturated heterocycles. The second kappa shape index (κ2) is 6.25. The van der Waals surface area contributed by atoms with Gasteiger partial charge in [0, 0.05) is 6.07 Å². The number of anilines is 1. The Balaban J connectivity index is 2.20. The van der Waals surface area contributed by atoms with Crippen molar-refractivity contribution < 1.29 is 14.6 Å². The van der Waals surface area contributed by atoms with E-state index in [2.05, 4.69) is 4.98 Å². The maximum absolute atomic E-state index is 9.10. The normalized spacial score (nSPS) is 10.6. The van der Waals surface area contributed by atoms with E-state index >= 15 is 0 Å². The van der Waals surface area contributed by atoms with E-state index in [1.54, 1.807) is 24.3 Å². The molecule has 2 aromatic rings. The third-order valence-corrected chi connectivity index (χ3v) is 2.51. The number of aliphatic hydroxyl groups is 1. The Kier molecular flexibility index (Phi) is 4.42. The van der Waals surface area contributed by atoms with E-state index in [9.17, 15) is 0 Å². The zero-order valence-electron chi connectivity index (χ0n) is 11.5. The molecule has 0 amide bonds. The van der Waals surface area contributed by atoms with Gasteiger partial charge in [-0.05, 0) is 37.6 Å². The molecule has 20 heavy (non-hydrogen) atoms. The lowest BCUT2D eigenvalue weighted by atomic mass is 10.2. The molecule has 1 aromatic carbocycles. The van der Waals surface area contributed by atoms with Crippen LogP contribution in [-0.2, 0) is 6.61 Å². The number of rotatable bonds is 5. The highest BCUT2D eigenvalue weighted by Gasteiger charge is 2.08. The van der Waals surface area contributed by atoms with Crippen LogP contribution < -0.4 is 15.2 Å². The first kappa shape index (κ1) is 14.1. The lowest BCUT2D eigenvalue weighted by molar-refractivity contribution is 0.232. The summed E-state index contributed by atoms with van der Waals surface area (Å²) in [5, 5.41) is 9.10. The van der Waals surface area contributed by atoms with Crippen molar-refractivity contribution >= 4 is 5.69 Å². The van der Waals surface area contributed by atoms with Crippen LogP contribution in [0.1, 0.15) is 19.4 Å². The van der Waals surface area contributed by atoms with Crippen LogP contribution in [0.5, 0.6) is 17.5 Å². The molecule has 0 spiro atoms. The van der Waals surface area contributed by atoms with E-state index in [1.165, 1.54) is 0 Å². The van der Waals surface area contributed by atoms with Crippen molar-refractivity contribution in [2.75, 3.05) is 5.73 Å². The number of pyridine rings is 1. The SMILES string of the molecule is CC(C)Oc1nc(Oc2cccc(CO)c2)ccc1N. The molecule has 3 N–H and O–H groups in total. The minimum absolute atomic E-state index is 0.0160. The zero-order chi connectivity index (χ0) is 14.5. The number of aliphatic hydroxyl groups excluding tert-OH is 1. The summed E-state index contributed by atoms with van der Waals surface area (Å²) in [4.78, 5) is 4.23. The Morgan fingerprint density at radius 1 is 1.25 bits per heavy atom. The Hall–Kier alpha value is -2.27. The second-order valence-corrected chi connectivity index (χ2v) is 4.62. The van der Waals surface area contributed by atoms with Gasteiger partial charge < -0.3 is 20.3 Å². The van der Waals surface area contributed by atoms with E-state index in [1.807, 2.05) is 26.0 Å². The fourth-order valence-electron chi connectivity index (χ4n) is 1.64. The second-order valence-electron chi connectivity index (χ2n) is 4.62. The smallest absolute Gasteiger partial charge is 0.240 e. The molecular formula is C15H18N2O3. The van der Waals surface area contributed by atoms with Crippen molar-refractivity contribution in [3.8, 4) is 17.5 Å². The van der Waals surface area contributed by atoms with E-state index in [-0.39, 0.29) is 12.7 Å². The number of hydrogen-bond donors (Lipinski definition) is 2. The Bertz CT molecular complexity index is 585. The number of benzene rings is 1. The molecule has 0 radical (unpaired) electrons. The number of nitrogen functional groups attached to an aromatic ring is 1. The van der Waals surface area contributed by atoms with Crippen LogP contribution in [0.15, 0.2) is 36.4 Å². The number of ether oxygens (including phenoxy) is 2.